The van der Waals surface area contributed by atoms with Crippen molar-refractivity contribution in [2.45, 2.75) is 51.6 Å². The molecule has 0 saturated heterocycles. The van der Waals surface area contributed by atoms with Gasteiger partial charge in [-0.15, -0.1) is 0 Å². The second kappa shape index (κ2) is 7.65. The third-order valence-electron chi connectivity index (χ3n) is 6.50. The summed E-state index contributed by atoms with van der Waals surface area (Å²) < 4.78 is 15.7. The maximum Gasteiger partial charge on any atom is 0.294 e. The van der Waals surface area contributed by atoms with Crippen LogP contribution in [0.1, 0.15) is 62.6 Å². The summed E-state index contributed by atoms with van der Waals surface area (Å²) in [5.41, 5.74) is 2.46. The lowest BCUT2D eigenvalue weighted by molar-refractivity contribution is -0.118. The number of carbonyl (C=O) groups is 3. The molecule has 9 nitrogen and oxygen atoms in total. The average Bonchev–Trinajstić information content (AvgIpc) is 3.14. The Morgan fingerprint density at radius 2 is 2.00 bits per heavy atom. The number of rotatable bonds is 6. The standard InChI is InChI=1S/C23H23FN6O3/c1-12-5-6-14(10-15(12)24)26-21(32)18-13(2)19(30-9-3-4-16(18)30)20(31)22(33)27-23(7-8-23)17-11-25-29-28-17/h5-6,10-11H,3-4,7-9H2,1-2H3,(H,26,32)(H,27,33)(H,25,28,29). The van der Waals surface area contributed by atoms with Gasteiger partial charge in [0, 0.05) is 17.9 Å². The Labute approximate surface area is 188 Å². The number of hydrogen-bond acceptors (Lipinski definition) is 5. The van der Waals surface area contributed by atoms with Crippen LogP contribution in [0.4, 0.5) is 10.1 Å². The molecule has 5 rings (SSSR count). The van der Waals surface area contributed by atoms with Gasteiger partial charge in [-0.25, -0.2) is 4.39 Å². The number of carbonyl (C=O) groups excluding carboxylic acids is 3. The Morgan fingerprint density at radius 3 is 2.67 bits per heavy atom. The first-order valence-corrected chi connectivity index (χ1v) is 10.8. The van der Waals surface area contributed by atoms with Crippen LogP contribution in [0.2, 0.25) is 0 Å². The molecule has 33 heavy (non-hydrogen) atoms. The van der Waals surface area contributed by atoms with E-state index in [-0.39, 0.29) is 5.69 Å². The SMILES string of the molecule is Cc1ccc(NC(=O)c2c(C)c(C(=O)C(=O)NC3(c4cn[nH]n4)CC3)n3c2CCC3)cc1F. The molecule has 1 aliphatic heterocycles. The van der Waals surface area contributed by atoms with Crippen molar-refractivity contribution in [2.75, 3.05) is 5.32 Å². The van der Waals surface area contributed by atoms with Crippen molar-refractivity contribution in [3.63, 3.8) is 0 Å². The molecular weight excluding hydrogens is 427 g/mol. The minimum absolute atomic E-state index is 0.219. The topological polar surface area (TPSA) is 122 Å². The Kier molecular flexibility index (Phi) is 4.88. The number of benzene rings is 1. The van der Waals surface area contributed by atoms with E-state index in [4.69, 9.17) is 0 Å². The lowest BCUT2D eigenvalue weighted by atomic mass is 10.0. The van der Waals surface area contributed by atoms with Gasteiger partial charge < -0.3 is 15.2 Å². The maximum absolute atomic E-state index is 13.9. The number of Topliss-reactive ketones (excluding diaryl/α,β-unsaturated/α-hetero) is 1. The van der Waals surface area contributed by atoms with Crippen molar-refractivity contribution in [2.24, 2.45) is 0 Å². The summed E-state index contributed by atoms with van der Waals surface area (Å²) in [6.45, 7) is 3.86. The lowest BCUT2D eigenvalue weighted by Gasteiger charge is -2.14. The van der Waals surface area contributed by atoms with Crippen LogP contribution in [-0.2, 0) is 23.3 Å². The van der Waals surface area contributed by atoms with E-state index in [1.54, 1.807) is 30.5 Å². The number of halogens is 1. The minimum atomic E-state index is -0.738. The Bertz CT molecular complexity index is 1290. The molecule has 0 bridgehead atoms. The fourth-order valence-corrected chi connectivity index (χ4v) is 4.56. The molecule has 1 fully saturated rings. The summed E-state index contributed by atoms with van der Waals surface area (Å²) in [5.74, 6) is -2.27. The zero-order valence-electron chi connectivity index (χ0n) is 18.3. The average molecular weight is 450 g/mol. The highest BCUT2D eigenvalue weighted by molar-refractivity contribution is 6.43. The molecule has 0 atom stereocenters. The lowest BCUT2D eigenvalue weighted by Crippen LogP contribution is -2.40. The summed E-state index contributed by atoms with van der Waals surface area (Å²) in [7, 11) is 0. The van der Waals surface area contributed by atoms with Crippen LogP contribution >= 0.6 is 0 Å². The first-order valence-electron chi connectivity index (χ1n) is 10.8. The Morgan fingerprint density at radius 1 is 1.21 bits per heavy atom. The number of nitrogens with one attached hydrogen (secondary N) is 3. The van der Waals surface area contributed by atoms with Crippen LogP contribution in [0.5, 0.6) is 0 Å². The number of ketones is 1. The highest BCUT2D eigenvalue weighted by Gasteiger charge is 2.49. The van der Waals surface area contributed by atoms with Crippen molar-refractivity contribution in [3.8, 4) is 0 Å². The predicted octanol–water partition coefficient (Wildman–Crippen LogP) is 2.55. The molecule has 3 heterocycles. The maximum atomic E-state index is 13.9. The molecule has 0 unspecified atom stereocenters. The summed E-state index contributed by atoms with van der Waals surface area (Å²) in [6.07, 6.45) is 4.26. The normalized spacial score (nSPS) is 15.7. The third kappa shape index (κ3) is 3.51. The van der Waals surface area contributed by atoms with E-state index in [2.05, 4.69) is 26.0 Å². The predicted molar refractivity (Wildman–Crippen MR) is 116 cm³/mol. The van der Waals surface area contributed by atoms with Gasteiger partial charge in [-0.1, -0.05) is 6.07 Å². The van der Waals surface area contributed by atoms with Crippen molar-refractivity contribution in [3.05, 3.63) is 64.0 Å². The molecule has 3 aromatic rings. The van der Waals surface area contributed by atoms with E-state index >= 15 is 0 Å². The molecule has 1 saturated carbocycles. The first-order chi connectivity index (χ1) is 15.8. The van der Waals surface area contributed by atoms with Gasteiger partial charge in [0.2, 0.25) is 0 Å². The van der Waals surface area contributed by atoms with Gasteiger partial charge >= 0.3 is 0 Å². The molecule has 0 radical (unpaired) electrons. The number of aryl methyl sites for hydroxylation is 1. The largest absolute Gasteiger partial charge is 0.341 e. The third-order valence-corrected chi connectivity index (χ3v) is 6.50. The summed E-state index contributed by atoms with van der Waals surface area (Å²) in [4.78, 5) is 39.2. The van der Waals surface area contributed by atoms with E-state index in [0.29, 0.717) is 59.6 Å². The number of anilines is 1. The smallest absolute Gasteiger partial charge is 0.294 e. The Hall–Kier alpha value is -3.82. The zero-order chi connectivity index (χ0) is 23.3. The number of fused-ring (bicyclic) bond motifs is 1. The minimum Gasteiger partial charge on any atom is -0.341 e. The van der Waals surface area contributed by atoms with E-state index in [9.17, 15) is 18.8 Å². The van der Waals surface area contributed by atoms with Gasteiger partial charge in [0.1, 0.15) is 11.5 Å². The molecule has 10 heteroatoms. The van der Waals surface area contributed by atoms with Crippen molar-refractivity contribution >= 4 is 23.3 Å². The fraction of sp³-hybridized carbons (Fsp3) is 0.348. The van der Waals surface area contributed by atoms with Gasteiger partial charge in [-0.05, 0) is 62.8 Å². The number of hydrogen-bond donors (Lipinski definition) is 3. The number of aromatic amines is 1. The van der Waals surface area contributed by atoms with Gasteiger partial charge in [0.05, 0.1) is 23.0 Å². The van der Waals surface area contributed by atoms with Crippen LogP contribution in [0.15, 0.2) is 24.4 Å². The van der Waals surface area contributed by atoms with Crippen LogP contribution in [0.3, 0.4) is 0 Å². The molecule has 2 aliphatic rings. The first kappa shape index (κ1) is 21.0. The number of aromatic nitrogens is 4. The van der Waals surface area contributed by atoms with Crippen molar-refractivity contribution in [1.82, 2.24) is 25.3 Å². The molecular formula is C23H23FN6O3. The van der Waals surface area contributed by atoms with Crippen LogP contribution in [0.25, 0.3) is 0 Å². The molecule has 2 amide bonds. The van der Waals surface area contributed by atoms with Gasteiger partial charge in [0.25, 0.3) is 17.6 Å². The molecule has 1 aromatic carbocycles. The van der Waals surface area contributed by atoms with E-state index in [1.165, 1.54) is 12.3 Å². The highest BCUT2D eigenvalue weighted by Crippen LogP contribution is 2.44. The zero-order valence-corrected chi connectivity index (χ0v) is 18.3. The molecule has 2 aromatic heterocycles. The van der Waals surface area contributed by atoms with Crippen molar-refractivity contribution in [1.29, 1.82) is 0 Å². The summed E-state index contributed by atoms with van der Waals surface area (Å²) in [5, 5.41) is 15.9. The quantitative estimate of drug-likeness (QED) is 0.394. The van der Waals surface area contributed by atoms with Gasteiger partial charge in [-0.2, -0.15) is 15.4 Å². The molecule has 1 aliphatic carbocycles. The summed E-state index contributed by atoms with van der Waals surface area (Å²) >= 11 is 0. The van der Waals surface area contributed by atoms with E-state index in [1.807, 2.05) is 0 Å². The second-order valence-electron chi connectivity index (χ2n) is 8.69. The van der Waals surface area contributed by atoms with Crippen molar-refractivity contribution < 1.29 is 18.8 Å². The van der Waals surface area contributed by atoms with E-state index < -0.39 is 29.0 Å². The number of amides is 2. The van der Waals surface area contributed by atoms with Gasteiger partial charge in [-0.3, -0.25) is 14.4 Å². The molecule has 3 N–H and O–H groups in total. The van der Waals surface area contributed by atoms with E-state index in [0.717, 1.165) is 6.42 Å². The van der Waals surface area contributed by atoms with Gasteiger partial charge in [0.15, 0.2) is 0 Å². The second-order valence-corrected chi connectivity index (χ2v) is 8.69. The fourth-order valence-electron chi connectivity index (χ4n) is 4.56. The summed E-state index contributed by atoms with van der Waals surface area (Å²) in [6, 6.07) is 4.47. The van der Waals surface area contributed by atoms with Crippen LogP contribution < -0.4 is 10.6 Å². The molecule has 0 spiro atoms. The Balaban J connectivity index is 1.43. The molecule has 170 valence electrons. The highest BCUT2D eigenvalue weighted by atomic mass is 19.1. The monoisotopic (exact) mass is 450 g/mol. The number of H-pyrrole nitrogens is 1. The van der Waals surface area contributed by atoms with Crippen LogP contribution in [0, 0.1) is 19.7 Å². The number of nitrogens with zero attached hydrogens (tertiary/aromatic N) is 3. The van der Waals surface area contributed by atoms with Crippen LogP contribution in [-0.4, -0.2) is 37.6 Å².